The molecule has 32 heavy (non-hydrogen) atoms. The van der Waals surface area contributed by atoms with Gasteiger partial charge in [-0.25, -0.2) is 0 Å². The molecule has 1 aromatic heterocycles. The van der Waals surface area contributed by atoms with Crippen LogP contribution in [0.4, 0.5) is 0 Å². The summed E-state index contributed by atoms with van der Waals surface area (Å²) in [5, 5.41) is 0. The van der Waals surface area contributed by atoms with Crippen molar-refractivity contribution >= 4 is 17.9 Å². The van der Waals surface area contributed by atoms with Crippen molar-refractivity contribution in [1.82, 2.24) is 19.3 Å². The van der Waals surface area contributed by atoms with Crippen LogP contribution in [0, 0.1) is 13.8 Å². The van der Waals surface area contributed by atoms with E-state index in [1.54, 1.807) is 6.08 Å². The first kappa shape index (κ1) is 22.3. The number of carbonyl (C=O) groups excluding carboxylic acids is 2. The van der Waals surface area contributed by atoms with Gasteiger partial charge in [0.15, 0.2) is 0 Å². The van der Waals surface area contributed by atoms with Gasteiger partial charge >= 0.3 is 0 Å². The lowest BCUT2D eigenvalue weighted by Crippen LogP contribution is -2.41. The molecule has 0 unspecified atom stereocenters. The maximum atomic E-state index is 12.9. The SMILES string of the molecule is Cc1cc(C=CC(=O)N2CCCN(CC(=O)N3CCCC3)CC2)c(C)n1-c1ccccc1. The molecule has 0 aliphatic carbocycles. The minimum absolute atomic E-state index is 0.0437. The smallest absolute Gasteiger partial charge is 0.246 e. The molecular weight excluding hydrogens is 400 g/mol. The highest BCUT2D eigenvalue weighted by atomic mass is 16.2. The molecule has 6 heteroatoms. The Morgan fingerprint density at radius 2 is 1.59 bits per heavy atom. The summed E-state index contributed by atoms with van der Waals surface area (Å²) in [7, 11) is 0. The van der Waals surface area contributed by atoms with E-state index in [0.29, 0.717) is 13.1 Å². The normalized spacial score (nSPS) is 17.8. The molecule has 2 saturated heterocycles. The summed E-state index contributed by atoms with van der Waals surface area (Å²) in [6.45, 7) is 9.47. The van der Waals surface area contributed by atoms with Gasteiger partial charge in [0.05, 0.1) is 6.54 Å². The van der Waals surface area contributed by atoms with E-state index in [-0.39, 0.29) is 11.8 Å². The van der Waals surface area contributed by atoms with Gasteiger partial charge in [0, 0.05) is 62.4 Å². The van der Waals surface area contributed by atoms with Gasteiger partial charge in [0.25, 0.3) is 0 Å². The largest absolute Gasteiger partial charge is 0.342 e. The Morgan fingerprint density at radius 3 is 2.34 bits per heavy atom. The molecule has 4 rings (SSSR count). The van der Waals surface area contributed by atoms with Crippen LogP contribution in [0.25, 0.3) is 11.8 Å². The van der Waals surface area contributed by atoms with Gasteiger partial charge < -0.3 is 14.4 Å². The number of aromatic nitrogens is 1. The van der Waals surface area contributed by atoms with Crippen LogP contribution in [0.3, 0.4) is 0 Å². The Hall–Kier alpha value is -2.86. The quantitative estimate of drug-likeness (QED) is 0.679. The molecule has 0 spiro atoms. The second-order valence-electron chi connectivity index (χ2n) is 8.87. The van der Waals surface area contributed by atoms with Gasteiger partial charge in [-0.1, -0.05) is 18.2 Å². The Bertz CT molecular complexity index is 973. The number of nitrogens with zero attached hydrogens (tertiary/aromatic N) is 4. The van der Waals surface area contributed by atoms with Crippen molar-refractivity contribution < 1.29 is 9.59 Å². The fourth-order valence-corrected chi connectivity index (χ4v) is 4.80. The second kappa shape index (κ2) is 10.2. The summed E-state index contributed by atoms with van der Waals surface area (Å²) in [6.07, 6.45) is 6.77. The Labute approximate surface area is 191 Å². The van der Waals surface area contributed by atoms with Crippen molar-refractivity contribution in [3.63, 3.8) is 0 Å². The maximum Gasteiger partial charge on any atom is 0.246 e. The molecule has 2 aliphatic heterocycles. The minimum Gasteiger partial charge on any atom is -0.342 e. The summed E-state index contributed by atoms with van der Waals surface area (Å²) in [4.78, 5) is 31.4. The molecular formula is C26H34N4O2. The standard InChI is InChI=1S/C26H34N4O2/c1-21-19-23(22(2)30(21)24-9-4-3-5-10-24)11-12-25(31)29-16-8-13-27(17-18-29)20-26(32)28-14-6-7-15-28/h3-5,9-12,19H,6-8,13-18,20H2,1-2H3. The van der Waals surface area contributed by atoms with Gasteiger partial charge in [-0.05, 0) is 62.9 Å². The Balaban J connectivity index is 1.35. The third kappa shape index (κ3) is 5.13. The van der Waals surface area contributed by atoms with Gasteiger partial charge in [0.2, 0.25) is 11.8 Å². The van der Waals surface area contributed by atoms with Crippen molar-refractivity contribution in [2.24, 2.45) is 0 Å². The topological polar surface area (TPSA) is 48.8 Å². The van der Waals surface area contributed by atoms with E-state index >= 15 is 0 Å². The lowest BCUT2D eigenvalue weighted by molar-refractivity contribution is -0.131. The molecule has 0 N–H and O–H groups in total. The molecule has 0 saturated carbocycles. The molecule has 170 valence electrons. The summed E-state index contributed by atoms with van der Waals surface area (Å²) in [5.41, 5.74) is 4.46. The molecule has 0 bridgehead atoms. The Kier molecular flexibility index (Phi) is 7.10. The van der Waals surface area contributed by atoms with Gasteiger partial charge in [-0.2, -0.15) is 0 Å². The highest BCUT2D eigenvalue weighted by molar-refractivity contribution is 5.92. The van der Waals surface area contributed by atoms with E-state index in [4.69, 9.17) is 0 Å². The molecule has 2 fully saturated rings. The van der Waals surface area contributed by atoms with Crippen molar-refractivity contribution in [3.8, 4) is 5.69 Å². The van der Waals surface area contributed by atoms with Gasteiger partial charge in [-0.15, -0.1) is 0 Å². The highest BCUT2D eigenvalue weighted by Gasteiger charge is 2.23. The molecule has 1 aromatic carbocycles. The first-order chi connectivity index (χ1) is 15.5. The van der Waals surface area contributed by atoms with E-state index in [9.17, 15) is 9.59 Å². The number of para-hydroxylation sites is 1. The van der Waals surface area contributed by atoms with E-state index < -0.39 is 0 Å². The molecule has 2 amide bonds. The molecule has 3 heterocycles. The van der Waals surface area contributed by atoms with Crippen LogP contribution >= 0.6 is 0 Å². The monoisotopic (exact) mass is 434 g/mol. The zero-order valence-corrected chi connectivity index (χ0v) is 19.3. The number of carbonyl (C=O) groups is 2. The summed E-state index contributed by atoms with van der Waals surface area (Å²) in [5.74, 6) is 0.276. The summed E-state index contributed by atoms with van der Waals surface area (Å²) >= 11 is 0. The number of likely N-dealkylation sites (tertiary alicyclic amines) is 1. The number of rotatable bonds is 5. The van der Waals surface area contributed by atoms with E-state index in [1.807, 2.05) is 34.1 Å². The van der Waals surface area contributed by atoms with Crippen molar-refractivity contribution in [2.75, 3.05) is 45.8 Å². The third-order valence-electron chi connectivity index (χ3n) is 6.61. The van der Waals surface area contributed by atoms with Crippen molar-refractivity contribution in [1.29, 1.82) is 0 Å². The van der Waals surface area contributed by atoms with Gasteiger partial charge in [-0.3, -0.25) is 14.5 Å². The van der Waals surface area contributed by atoms with E-state index in [2.05, 4.69) is 41.5 Å². The highest BCUT2D eigenvalue weighted by Crippen LogP contribution is 2.22. The first-order valence-electron chi connectivity index (χ1n) is 11.7. The second-order valence-corrected chi connectivity index (χ2v) is 8.87. The number of benzene rings is 1. The predicted octanol–water partition coefficient (Wildman–Crippen LogP) is 3.26. The molecule has 2 aromatic rings. The molecule has 2 aliphatic rings. The van der Waals surface area contributed by atoms with Crippen LogP contribution in [-0.2, 0) is 9.59 Å². The summed E-state index contributed by atoms with van der Waals surface area (Å²) in [6, 6.07) is 12.4. The van der Waals surface area contributed by atoms with Crippen molar-refractivity contribution in [3.05, 3.63) is 59.4 Å². The van der Waals surface area contributed by atoms with Crippen LogP contribution in [0.2, 0.25) is 0 Å². The maximum absolute atomic E-state index is 12.9. The minimum atomic E-state index is 0.0437. The fraction of sp³-hybridized carbons (Fsp3) is 0.462. The van der Waals surface area contributed by atoms with E-state index in [0.717, 1.165) is 74.6 Å². The Morgan fingerprint density at radius 1 is 0.875 bits per heavy atom. The number of aryl methyl sites for hydroxylation is 1. The number of amides is 2. The van der Waals surface area contributed by atoms with Crippen LogP contribution in [0.15, 0.2) is 42.5 Å². The van der Waals surface area contributed by atoms with Crippen LogP contribution in [0.1, 0.15) is 36.2 Å². The fourth-order valence-electron chi connectivity index (χ4n) is 4.80. The number of hydrogen-bond donors (Lipinski definition) is 0. The molecule has 0 atom stereocenters. The zero-order valence-electron chi connectivity index (χ0n) is 19.3. The predicted molar refractivity (Wildman–Crippen MR) is 128 cm³/mol. The van der Waals surface area contributed by atoms with Crippen molar-refractivity contribution in [2.45, 2.75) is 33.1 Å². The average Bonchev–Trinajstić information content (AvgIpc) is 3.36. The van der Waals surface area contributed by atoms with Gasteiger partial charge in [0.1, 0.15) is 0 Å². The van der Waals surface area contributed by atoms with E-state index in [1.165, 1.54) is 0 Å². The van der Waals surface area contributed by atoms with Crippen LogP contribution in [-0.4, -0.2) is 76.9 Å². The van der Waals surface area contributed by atoms with Crippen LogP contribution in [0.5, 0.6) is 0 Å². The molecule has 0 radical (unpaired) electrons. The lowest BCUT2D eigenvalue weighted by Gasteiger charge is -2.23. The zero-order chi connectivity index (χ0) is 22.5. The summed E-state index contributed by atoms with van der Waals surface area (Å²) < 4.78 is 2.21. The third-order valence-corrected chi connectivity index (χ3v) is 6.61. The lowest BCUT2D eigenvalue weighted by atomic mass is 10.2. The number of hydrogen-bond acceptors (Lipinski definition) is 3. The first-order valence-corrected chi connectivity index (χ1v) is 11.7. The average molecular weight is 435 g/mol. The molecule has 6 nitrogen and oxygen atoms in total. The van der Waals surface area contributed by atoms with Crippen LogP contribution < -0.4 is 0 Å².